The van der Waals surface area contributed by atoms with E-state index < -0.39 is 35.3 Å². The highest BCUT2D eigenvalue weighted by Gasteiger charge is 2.42. The van der Waals surface area contributed by atoms with Crippen LogP contribution in [0.3, 0.4) is 0 Å². The molecule has 16 heavy (non-hydrogen) atoms. The summed E-state index contributed by atoms with van der Waals surface area (Å²) in [5.74, 6) is -9.81. The predicted octanol–water partition coefficient (Wildman–Crippen LogP) is 2.57. The van der Waals surface area contributed by atoms with Gasteiger partial charge in [-0.3, -0.25) is 0 Å². The molecule has 88 valence electrons. The van der Waals surface area contributed by atoms with Gasteiger partial charge in [0, 0.05) is 0 Å². The Kier molecular flexibility index (Phi) is 3.11. The first-order valence-electron chi connectivity index (χ1n) is 3.66. The number of hydrogen-bond donors (Lipinski definition) is 0. The van der Waals surface area contributed by atoms with Crippen molar-refractivity contribution >= 4 is 5.97 Å². The second kappa shape index (κ2) is 4.03. The lowest BCUT2D eigenvalue weighted by atomic mass is 10.3. The van der Waals surface area contributed by atoms with Crippen LogP contribution in [0.1, 0.15) is 0 Å². The Balaban J connectivity index is 3.07. The Bertz CT molecular complexity index is 425. The number of ether oxygens (including phenoxy) is 1. The van der Waals surface area contributed by atoms with Crippen LogP contribution in [-0.2, 0) is 4.79 Å². The van der Waals surface area contributed by atoms with E-state index in [0.29, 0.717) is 12.1 Å². The first-order valence-corrected chi connectivity index (χ1v) is 3.66. The average Bonchev–Trinajstić information content (AvgIpc) is 2.17. The topological polar surface area (TPSA) is 26.3 Å². The summed E-state index contributed by atoms with van der Waals surface area (Å²) in [6.07, 6.45) is -5.43. The van der Waals surface area contributed by atoms with Gasteiger partial charge in [0.2, 0.25) is 11.6 Å². The summed E-state index contributed by atoms with van der Waals surface area (Å²) in [5, 5.41) is 0. The fraction of sp³-hybridized carbons (Fsp3) is 0.125. The van der Waals surface area contributed by atoms with Crippen LogP contribution in [-0.4, -0.2) is 12.1 Å². The largest absolute Gasteiger partial charge is 0.491 e. The summed E-state index contributed by atoms with van der Waals surface area (Å²) in [6, 6.07) is 0.674. The third-order valence-electron chi connectivity index (χ3n) is 1.43. The van der Waals surface area contributed by atoms with E-state index >= 15 is 0 Å². The molecular weight excluding hydrogens is 242 g/mol. The molecule has 0 saturated carbocycles. The first-order chi connectivity index (χ1) is 7.23. The summed E-state index contributed by atoms with van der Waals surface area (Å²) < 4.78 is 76.4. The number of hydrogen-bond acceptors (Lipinski definition) is 2. The van der Waals surface area contributed by atoms with Crippen LogP contribution in [0.4, 0.5) is 26.3 Å². The first kappa shape index (κ1) is 12.3. The summed E-state index contributed by atoms with van der Waals surface area (Å²) in [7, 11) is 0. The van der Waals surface area contributed by atoms with E-state index in [0.717, 1.165) is 0 Å². The van der Waals surface area contributed by atoms with Crippen LogP contribution in [0.5, 0.6) is 5.75 Å². The average molecular weight is 244 g/mol. The van der Waals surface area contributed by atoms with Gasteiger partial charge < -0.3 is 4.74 Å². The van der Waals surface area contributed by atoms with Crippen LogP contribution in [0.25, 0.3) is 0 Å². The van der Waals surface area contributed by atoms with Gasteiger partial charge in [0.25, 0.3) is 0 Å². The van der Waals surface area contributed by atoms with Gasteiger partial charge in [0.15, 0.2) is 11.6 Å². The van der Waals surface area contributed by atoms with Gasteiger partial charge in [0.1, 0.15) is 0 Å². The number of halogens is 6. The minimum Gasteiger partial charge on any atom is -0.413 e. The molecule has 0 spiro atoms. The fourth-order valence-corrected chi connectivity index (χ4v) is 0.753. The molecule has 2 nitrogen and oxygen atoms in total. The van der Waals surface area contributed by atoms with Crippen molar-refractivity contribution in [1.82, 2.24) is 0 Å². The molecule has 0 unspecified atom stereocenters. The predicted molar refractivity (Wildman–Crippen MR) is 38.0 cm³/mol. The molecule has 0 heterocycles. The molecule has 1 aromatic rings. The van der Waals surface area contributed by atoms with Crippen molar-refractivity contribution in [2.24, 2.45) is 0 Å². The zero-order chi connectivity index (χ0) is 12.5. The minimum absolute atomic E-state index is 0.331. The van der Waals surface area contributed by atoms with Crippen LogP contribution in [0.15, 0.2) is 12.1 Å². The second-order valence-corrected chi connectivity index (χ2v) is 2.56. The molecule has 0 aliphatic rings. The molecule has 1 rings (SSSR count). The number of carbonyl (C=O) groups is 1. The highest BCUT2D eigenvalue weighted by molar-refractivity contribution is 5.78. The van der Waals surface area contributed by atoms with E-state index in [9.17, 15) is 31.1 Å². The van der Waals surface area contributed by atoms with Crippen molar-refractivity contribution in [3.05, 3.63) is 29.6 Å². The van der Waals surface area contributed by atoms with E-state index in [-0.39, 0.29) is 0 Å². The standard InChI is InChI=1S/C8H2F6O2/c9-3-1-2-4(10)6(5(3)11)16-7(15)8(12,13)14/h1-2H. The molecular formula is C8H2F6O2. The van der Waals surface area contributed by atoms with E-state index in [2.05, 4.69) is 4.74 Å². The Morgan fingerprint density at radius 3 is 2.06 bits per heavy atom. The number of carbonyl (C=O) groups excluding carboxylic acids is 1. The smallest absolute Gasteiger partial charge is 0.413 e. The van der Waals surface area contributed by atoms with Crippen molar-refractivity contribution in [3.8, 4) is 5.75 Å². The Morgan fingerprint density at radius 2 is 1.56 bits per heavy atom. The molecule has 0 aromatic heterocycles. The number of alkyl halides is 3. The zero-order valence-corrected chi connectivity index (χ0v) is 7.24. The lowest BCUT2D eigenvalue weighted by Crippen LogP contribution is -2.28. The van der Waals surface area contributed by atoms with Gasteiger partial charge >= 0.3 is 12.1 Å². The lowest BCUT2D eigenvalue weighted by Gasteiger charge is -2.08. The molecule has 0 aliphatic heterocycles. The maximum Gasteiger partial charge on any atom is 0.491 e. The number of rotatable bonds is 1. The normalized spacial score (nSPS) is 11.4. The molecule has 0 bridgehead atoms. The van der Waals surface area contributed by atoms with Crippen molar-refractivity contribution in [3.63, 3.8) is 0 Å². The Hall–Kier alpha value is -1.73. The van der Waals surface area contributed by atoms with E-state index in [1.54, 1.807) is 0 Å². The summed E-state index contributed by atoms with van der Waals surface area (Å²) in [4.78, 5) is 10.2. The van der Waals surface area contributed by atoms with E-state index in [1.807, 2.05) is 0 Å². The summed E-state index contributed by atoms with van der Waals surface area (Å²) in [6.45, 7) is 0. The molecule has 8 heteroatoms. The third kappa shape index (κ3) is 2.44. The van der Waals surface area contributed by atoms with Crippen molar-refractivity contribution < 1.29 is 35.9 Å². The second-order valence-electron chi connectivity index (χ2n) is 2.56. The van der Waals surface area contributed by atoms with Crippen LogP contribution < -0.4 is 4.74 Å². The number of benzene rings is 1. The Morgan fingerprint density at radius 1 is 1.06 bits per heavy atom. The quantitative estimate of drug-likeness (QED) is 0.328. The minimum atomic E-state index is -5.43. The van der Waals surface area contributed by atoms with Crippen LogP contribution >= 0.6 is 0 Å². The third-order valence-corrected chi connectivity index (χ3v) is 1.43. The maximum absolute atomic E-state index is 12.8. The van der Waals surface area contributed by atoms with Gasteiger partial charge in [-0.05, 0) is 12.1 Å². The van der Waals surface area contributed by atoms with Crippen molar-refractivity contribution in [2.45, 2.75) is 6.18 Å². The number of esters is 1. The fourth-order valence-electron chi connectivity index (χ4n) is 0.753. The van der Waals surface area contributed by atoms with Crippen LogP contribution in [0.2, 0.25) is 0 Å². The van der Waals surface area contributed by atoms with Crippen LogP contribution in [0, 0.1) is 17.5 Å². The van der Waals surface area contributed by atoms with Gasteiger partial charge in [0.05, 0.1) is 0 Å². The molecule has 0 aliphatic carbocycles. The molecule has 0 atom stereocenters. The molecule has 0 saturated heterocycles. The molecule has 0 radical (unpaired) electrons. The highest BCUT2D eigenvalue weighted by atomic mass is 19.4. The molecule has 0 amide bonds. The van der Waals surface area contributed by atoms with Crippen molar-refractivity contribution in [1.29, 1.82) is 0 Å². The molecule has 0 fully saturated rings. The monoisotopic (exact) mass is 244 g/mol. The van der Waals surface area contributed by atoms with Gasteiger partial charge in [-0.2, -0.15) is 17.6 Å². The molecule has 1 aromatic carbocycles. The highest BCUT2D eigenvalue weighted by Crippen LogP contribution is 2.26. The van der Waals surface area contributed by atoms with Gasteiger partial charge in [-0.15, -0.1) is 0 Å². The zero-order valence-electron chi connectivity index (χ0n) is 7.24. The van der Waals surface area contributed by atoms with E-state index in [1.165, 1.54) is 0 Å². The SMILES string of the molecule is O=C(Oc1c(F)ccc(F)c1F)C(F)(F)F. The Labute approximate surface area is 84.4 Å². The lowest BCUT2D eigenvalue weighted by molar-refractivity contribution is -0.190. The van der Waals surface area contributed by atoms with Crippen molar-refractivity contribution in [2.75, 3.05) is 0 Å². The summed E-state index contributed by atoms with van der Waals surface area (Å²) >= 11 is 0. The maximum atomic E-state index is 12.8. The van der Waals surface area contributed by atoms with E-state index in [4.69, 9.17) is 0 Å². The van der Waals surface area contributed by atoms with Gasteiger partial charge in [-0.1, -0.05) is 0 Å². The molecule has 0 N–H and O–H groups in total. The van der Waals surface area contributed by atoms with Gasteiger partial charge in [-0.25, -0.2) is 13.6 Å². The summed E-state index contributed by atoms with van der Waals surface area (Å²) in [5.41, 5.74) is 0.